The number of hydrogen-bond donors (Lipinski definition) is 2. The fraction of sp³-hybridized carbons (Fsp3) is 0.600. The normalized spacial score (nSPS) is 16.9. The van der Waals surface area contributed by atoms with Gasteiger partial charge in [0.1, 0.15) is 0 Å². The van der Waals surface area contributed by atoms with Crippen LogP contribution in [0.4, 0.5) is 5.69 Å². The van der Waals surface area contributed by atoms with E-state index in [9.17, 15) is 10.0 Å². The van der Waals surface area contributed by atoms with Crippen LogP contribution in [0.2, 0.25) is 0 Å². The van der Waals surface area contributed by atoms with Gasteiger partial charge >= 0.3 is 7.12 Å². The molecule has 1 saturated heterocycles. The summed E-state index contributed by atoms with van der Waals surface area (Å²) in [6.45, 7) is 6.22. The predicted octanol–water partition coefficient (Wildman–Crippen LogP) is 0.514. The van der Waals surface area contributed by atoms with Crippen LogP contribution in [0.3, 0.4) is 0 Å². The summed E-state index contributed by atoms with van der Waals surface area (Å²) in [4.78, 5) is 4.74. The minimum atomic E-state index is -1.39. The molecule has 1 aromatic rings. The molecule has 0 spiro atoms. The van der Waals surface area contributed by atoms with Gasteiger partial charge in [0.15, 0.2) is 0 Å². The van der Waals surface area contributed by atoms with Gasteiger partial charge in [0.05, 0.1) is 0 Å². The van der Waals surface area contributed by atoms with E-state index in [0.29, 0.717) is 11.5 Å². The smallest absolute Gasteiger partial charge is 0.423 e. The summed E-state index contributed by atoms with van der Waals surface area (Å²) in [5.74, 6) is 0. The summed E-state index contributed by atoms with van der Waals surface area (Å²) in [5, 5.41) is 18.6. The number of piperidine rings is 1. The van der Waals surface area contributed by atoms with Crippen molar-refractivity contribution in [3.63, 3.8) is 0 Å². The van der Waals surface area contributed by atoms with Gasteiger partial charge in [-0.1, -0.05) is 12.1 Å². The summed E-state index contributed by atoms with van der Waals surface area (Å²) < 4.78 is 0. The third-order valence-electron chi connectivity index (χ3n) is 4.32. The SMILES string of the molecule is Cc1cc(B(O)O)cc(C)c1N1CCC(N(C)C)CC1. The molecule has 0 aromatic heterocycles. The first-order chi connectivity index (χ1) is 9.40. The van der Waals surface area contributed by atoms with Crippen LogP contribution in [0.1, 0.15) is 24.0 Å². The largest absolute Gasteiger partial charge is 0.488 e. The lowest BCUT2D eigenvalue weighted by Crippen LogP contribution is -2.42. The Labute approximate surface area is 122 Å². The lowest BCUT2D eigenvalue weighted by Gasteiger charge is -2.38. The molecule has 0 aliphatic carbocycles. The molecule has 2 N–H and O–H groups in total. The van der Waals surface area contributed by atoms with E-state index in [1.807, 2.05) is 26.0 Å². The Morgan fingerprint density at radius 1 is 1.10 bits per heavy atom. The van der Waals surface area contributed by atoms with Crippen LogP contribution in [0.15, 0.2) is 12.1 Å². The molecular weight excluding hydrogens is 251 g/mol. The maximum Gasteiger partial charge on any atom is 0.488 e. The molecule has 4 nitrogen and oxygen atoms in total. The van der Waals surface area contributed by atoms with Gasteiger partial charge in [-0.2, -0.15) is 0 Å². The topological polar surface area (TPSA) is 46.9 Å². The summed E-state index contributed by atoms with van der Waals surface area (Å²) >= 11 is 0. The Bertz CT molecular complexity index is 446. The molecular formula is C15H25BN2O2. The standard InChI is InChI=1S/C15H25BN2O2/c1-11-9-13(16(19)20)10-12(2)15(11)18-7-5-14(6-8-18)17(3)4/h9-10,14,19-20H,5-8H2,1-4H3. The van der Waals surface area contributed by atoms with Crippen molar-refractivity contribution >= 4 is 18.3 Å². The Morgan fingerprint density at radius 2 is 1.60 bits per heavy atom. The van der Waals surface area contributed by atoms with Crippen molar-refractivity contribution < 1.29 is 10.0 Å². The second-order valence-corrected chi connectivity index (χ2v) is 6.06. The van der Waals surface area contributed by atoms with Gasteiger partial charge in [0.2, 0.25) is 0 Å². The molecule has 1 aromatic carbocycles. The lowest BCUT2D eigenvalue weighted by molar-refractivity contribution is 0.249. The van der Waals surface area contributed by atoms with Crippen LogP contribution < -0.4 is 10.4 Å². The van der Waals surface area contributed by atoms with E-state index in [1.165, 1.54) is 18.5 Å². The fourth-order valence-corrected chi connectivity index (χ4v) is 3.24. The van der Waals surface area contributed by atoms with Crippen LogP contribution in [0.5, 0.6) is 0 Å². The van der Waals surface area contributed by atoms with E-state index in [1.54, 1.807) is 0 Å². The zero-order valence-electron chi connectivity index (χ0n) is 12.9. The highest BCUT2D eigenvalue weighted by atomic mass is 16.4. The third-order valence-corrected chi connectivity index (χ3v) is 4.32. The molecule has 1 heterocycles. The van der Waals surface area contributed by atoms with Gasteiger partial charge in [0.25, 0.3) is 0 Å². The second-order valence-electron chi connectivity index (χ2n) is 6.06. The van der Waals surface area contributed by atoms with E-state index in [2.05, 4.69) is 23.9 Å². The molecule has 0 atom stereocenters. The van der Waals surface area contributed by atoms with Crippen molar-refractivity contribution in [2.75, 3.05) is 32.1 Å². The van der Waals surface area contributed by atoms with Gasteiger partial charge in [0, 0.05) is 24.8 Å². The molecule has 1 aliphatic heterocycles. The van der Waals surface area contributed by atoms with Crippen LogP contribution in [0.25, 0.3) is 0 Å². The second kappa shape index (κ2) is 6.16. The quantitative estimate of drug-likeness (QED) is 0.790. The molecule has 20 heavy (non-hydrogen) atoms. The highest BCUT2D eigenvalue weighted by Gasteiger charge is 2.23. The Kier molecular flexibility index (Phi) is 4.73. The van der Waals surface area contributed by atoms with E-state index < -0.39 is 7.12 Å². The predicted molar refractivity (Wildman–Crippen MR) is 84.7 cm³/mol. The maximum absolute atomic E-state index is 9.31. The summed E-state index contributed by atoms with van der Waals surface area (Å²) in [6, 6.07) is 4.43. The minimum Gasteiger partial charge on any atom is -0.423 e. The molecule has 1 aliphatic rings. The zero-order valence-corrected chi connectivity index (χ0v) is 12.9. The van der Waals surface area contributed by atoms with Gasteiger partial charge in [-0.15, -0.1) is 0 Å². The molecule has 0 bridgehead atoms. The number of anilines is 1. The lowest BCUT2D eigenvalue weighted by atomic mass is 9.78. The van der Waals surface area contributed by atoms with E-state index >= 15 is 0 Å². The molecule has 1 fully saturated rings. The number of hydrogen-bond acceptors (Lipinski definition) is 4. The van der Waals surface area contributed by atoms with Crippen LogP contribution in [0, 0.1) is 13.8 Å². The van der Waals surface area contributed by atoms with Crippen molar-refractivity contribution in [2.45, 2.75) is 32.7 Å². The van der Waals surface area contributed by atoms with Crippen LogP contribution in [-0.2, 0) is 0 Å². The third kappa shape index (κ3) is 3.16. The maximum atomic E-state index is 9.31. The van der Waals surface area contributed by atoms with Crippen LogP contribution >= 0.6 is 0 Å². The molecule has 0 saturated carbocycles. The molecule has 110 valence electrons. The van der Waals surface area contributed by atoms with Crippen LogP contribution in [-0.4, -0.2) is 55.3 Å². The molecule has 5 heteroatoms. The monoisotopic (exact) mass is 276 g/mol. The van der Waals surface area contributed by atoms with Gasteiger partial charge in [-0.3, -0.25) is 0 Å². The van der Waals surface area contributed by atoms with Crippen molar-refractivity contribution in [3.8, 4) is 0 Å². The summed E-state index contributed by atoms with van der Waals surface area (Å²) in [5.41, 5.74) is 4.08. The van der Waals surface area contributed by atoms with Crippen molar-refractivity contribution in [3.05, 3.63) is 23.3 Å². The molecule has 0 unspecified atom stereocenters. The summed E-state index contributed by atoms with van der Waals surface area (Å²) in [7, 11) is 2.91. The van der Waals surface area contributed by atoms with E-state index in [4.69, 9.17) is 0 Å². The first-order valence-electron chi connectivity index (χ1n) is 7.28. The average Bonchev–Trinajstić information content (AvgIpc) is 2.38. The van der Waals surface area contributed by atoms with E-state index in [-0.39, 0.29) is 0 Å². The molecule has 0 radical (unpaired) electrons. The zero-order chi connectivity index (χ0) is 14.9. The Morgan fingerprint density at radius 3 is 2.00 bits per heavy atom. The number of nitrogens with zero attached hydrogens (tertiary/aromatic N) is 2. The Hall–Kier alpha value is -1.04. The van der Waals surface area contributed by atoms with Gasteiger partial charge < -0.3 is 19.8 Å². The van der Waals surface area contributed by atoms with Crippen molar-refractivity contribution in [1.29, 1.82) is 0 Å². The first-order valence-corrected chi connectivity index (χ1v) is 7.28. The average molecular weight is 276 g/mol. The number of benzene rings is 1. The van der Waals surface area contributed by atoms with Gasteiger partial charge in [-0.25, -0.2) is 0 Å². The number of aryl methyl sites for hydroxylation is 2. The minimum absolute atomic E-state index is 0.576. The molecule has 2 rings (SSSR count). The highest BCUT2D eigenvalue weighted by Crippen LogP contribution is 2.27. The summed E-state index contributed by atoms with van der Waals surface area (Å²) in [6.07, 6.45) is 2.35. The first kappa shape index (κ1) is 15.4. The van der Waals surface area contributed by atoms with Crippen molar-refractivity contribution in [1.82, 2.24) is 4.90 Å². The fourth-order valence-electron chi connectivity index (χ4n) is 3.24. The molecule has 0 amide bonds. The van der Waals surface area contributed by atoms with Gasteiger partial charge in [-0.05, 0) is 57.4 Å². The number of rotatable bonds is 3. The van der Waals surface area contributed by atoms with Crippen molar-refractivity contribution in [2.24, 2.45) is 0 Å². The Balaban J connectivity index is 2.18. The van der Waals surface area contributed by atoms with E-state index in [0.717, 1.165) is 24.2 Å². The highest BCUT2D eigenvalue weighted by molar-refractivity contribution is 6.58.